The van der Waals surface area contributed by atoms with Crippen LogP contribution in [0.25, 0.3) is 0 Å². The predicted molar refractivity (Wildman–Crippen MR) is 77.0 cm³/mol. The molecule has 12 nitrogen and oxygen atoms in total. The molecule has 0 spiro atoms. The predicted octanol–water partition coefficient (Wildman–Crippen LogP) is -6.04. The first kappa shape index (κ1) is 18.7. The van der Waals surface area contributed by atoms with E-state index >= 15 is 0 Å². The molecule has 0 aromatic rings. The number of nitrogens with one attached hydrogen (secondary N) is 1. The van der Waals surface area contributed by atoms with Crippen LogP contribution in [0, 0.1) is 0 Å². The molecule has 0 radical (unpaired) electrons. The van der Waals surface area contributed by atoms with Gasteiger partial charge >= 0.3 is 0 Å². The van der Waals surface area contributed by atoms with Gasteiger partial charge in [0.1, 0.15) is 48.3 Å². The van der Waals surface area contributed by atoms with E-state index in [-0.39, 0.29) is 6.02 Å². The lowest BCUT2D eigenvalue weighted by Crippen LogP contribution is -2.63. The Kier molecular flexibility index (Phi) is 4.91. The minimum atomic E-state index is -2.11. The van der Waals surface area contributed by atoms with Crippen LogP contribution in [0.4, 0.5) is 0 Å². The summed E-state index contributed by atoms with van der Waals surface area (Å²) >= 11 is 0. The Balaban J connectivity index is 1.74. The molecule has 9 N–H and O–H groups in total. The number of aliphatic hydroxyl groups excluding tert-OH is 7. The summed E-state index contributed by atoms with van der Waals surface area (Å²) in [5, 5.41) is 80.4. The van der Waals surface area contributed by atoms with Crippen LogP contribution < -0.4 is 5.32 Å². The molecule has 1 saturated heterocycles. The van der Waals surface area contributed by atoms with E-state index in [1.54, 1.807) is 0 Å². The summed E-state index contributed by atoms with van der Waals surface area (Å²) in [5.74, 6) is 0. The fourth-order valence-corrected chi connectivity index (χ4v) is 3.33. The molecule has 25 heavy (non-hydrogen) atoms. The van der Waals surface area contributed by atoms with Crippen molar-refractivity contribution in [3.63, 3.8) is 0 Å². The van der Waals surface area contributed by atoms with E-state index in [1.807, 2.05) is 0 Å². The van der Waals surface area contributed by atoms with Crippen LogP contribution in [0.1, 0.15) is 0 Å². The van der Waals surface area contributed by atoms with Gasteiger partial charge in [0.2, 0.25) is 0 Å². The molecular formula is C13H22N2O10. The summed E-state index contributed by atoms with van der Waals surface area (Å²) in [4.78, 5) is 3.95. The smallest absolute Gasteiger partial charge is 0.287 e. The van der Waals surface area contributed by atoms with Gasteiger partial charge in [-0.15, -0.1) is 0 Å². The largest absolute Gasteiger partial charge is 0.457 e. The van der Waals surface area contributed by atoms with Crippen LogP contribution in [0.2, 0.25) is 0 Å². The highest BCUT2D eigenvalue weighted by molar-refractivity contribution is 5.76. The number of amidine groups is 1. The average molecular weight is 366 g/mol. The van der Waals surface area contributed by atoms with Gasteiger partial charge in [-0.1, -0.05) is 0 Å². The molecule has 10 atom stereocenters. The van der Waals surface area contributed by atoms with Crippen LogP contribution in [0.3, 0.4) is 0 Å². The second-order valence-corrected chi connectivity index (χ2v) is 6.44. The zero-order valence-corrected chi connectivity index (χ0v) is 13.0. The Labute approximate surface area is 141 Å². The summed E-state index contributed by atoms with van der Waals surface area (Å²) < 4.78 is 10.5. The van der Waals surface area contributed by atoms with Crippen molar-refractivity contribution in [2.45, 2.75) is 60.6 Å². The van der Waals surface area contributed by atoms with E-state index in [9.17, 15) is 35.7 Å². The number of fused-ring (bicyclic) bond motifs is 1. The molecule has 0 amide bonds. The van der Waals surface area contributed by atoms with E-state index in [1.165, 1.54) is 0 Å². The van der Waals surface area contributed by atoms with Gasteiger partial charge in [0.25, 0.3) is 6.02 Å². The zero-order valence-electron chi connectivity index (χ0n) is 13.0. The molecule has 0 aromatic carbocycles. The Bertz CT molecular complexity index is 533. The highest BCUT2D eigenvalue weighted by atomic mass is 16.6. The van der Waals surface area contributed by atoms with Gasteiger partial charge in [-0.3, -0.25) is 0 Å². The fourth-order valence-electron chi connectivity index (χ4n) is 3.33. The Morgan fingerprint density at radius 2 is 1.68 bits per heavy atom. The first-order valence-electron chi connectivity index (χ1n) is 7.75. The molecule has 2 fully saturated rings. The normalized spacial score (nSPS) is 52.5. The number of hydrogen-bond donors (Lipinski definition) is 9. The molecule has 1 saturated carbocycles. The molecule has 2 heterocycles. The summed E-state index contributed by atoms with van der Waals surface area (Å²) in [5.41, 5.74) is -2.11. The number of nitrogens with zero attached hydrogens (tertiary/aromatic N) is 1. The average Bonchev–Trinajstić information content (AvgIpc) is 3.10. The SMILES string of the molecule is OC[C@H]1O[C@H](NC2=N[C@H]3[C@@H](O2)[C@H](O)[C@H](O)[C@]3(O)CO)[C@H](O)[C@@H](O)[C@@H]1O. The van der Waals surface area contributed by atoms with Crippen molar-refractivity contribution in [3.8, 4) is 0 Å². The first-order valence-corrected chi connectivity index (χ1v) is 7.75. The lowest BCUT2D eigenvalue weighted by atomic mass is 9.97. The van der Waals surface area contributed by atoms with E-state index in [4.69, 9.17) is 14.6 Å². The Morgan fingerprint density at radius 3 is 2.28 bits per heavy atom. The van der Waals surface area contributed by atoms with E-state index < -0.39 is 73.8 Å². The van der Waals surface area contributed by atoms with E-state index in [0.29, 0.717) is 0 Å². The fraction of sp³-hybridized carbons (Fsp3) is 0.923. The molecule has 144 valence electrons. The maximum atomic E-state index is 10.3. The highest BCUT2D eigenvalue weighted by Crippen LogP contribution is 2.38. The van der Waals surface area contributed by atoms with Crippen molar-refractivity contribution in [2.24, 2.45) is 4.99 Å². The maximum absolute atomic E-state index is 10.3. The van der Waals surface area contributed by atoms with Crippen molar-refractivity contribution >= 4 is 6.02 Å². The second kappa shape index (κ2) is 6.57. The topological polar surface area (TPSA) is 205 Å². The molecular weight excluding hydrogens is 344 g/mol. The standard InChI is InChI=1S/C13H22N2O10/c16-1-3-4(18)5(19)6(20)11(24-3)15-12-14-9-8(25-12)7(21)10(22)13(9,23)2-17/h3-11,16-23H,1-2H2,(H,14,15)/t3-,4-,5+,6-,7+,8+,9+,10+,11+,13+/m1/s1. The summed E-state index contributed by atoms with van der Waals surface area (Å²) in [6.07, 6.45) is -11.5. The molecule has 0 aromatic heterocycles. The molecule has 1 aliphatic carbocycles. The molecule has 3 aliphatic rings. The zero-order chi connectivity index (χ0) is 18.5. The highest BCUT2D eigenvalue weighted by Gasteiger charge is 2.63. The van der Waals surface area contributed by atoms with Crippen LogP contribution in [0.5, 0.6) is 0 Å². The van der Waals surface area contributed by atoms with Gasteiger partial charge in [0.15, 0.2) is 12.3 Å². The van der Waals surface area contributed by atoms with Gasteiger partial charge in [0, 0.05) is 0 Å². The van der Waals surface area contributed by atoms with E-state index in [2.05, 4.69) is 10.3 Å². The van der Waals surface area contributed by atoms with Crippen LogP contribution in [-0.4, -0.2) is 121 Å². The number of hydrogen-bond acceptors (Lipinski definition) is 12. The van der Waals surface area contributed by atoms with Crippen molar-refractivity contribution < 1.29 is 50.3 Å². The number of rotatable bonds is 3. The van der Waals surface area contributed by atoms with Crippen LogP contribution in [-0.2, 0) is 9.47 Å². The molecule has 3 rings (SSSR count). The van der Waals surface area contributed by atoms with Gasteiger partial charge in [-0.2, -0.15) is 0 Å². The molecule has 2 aliphatic heterocycles. The van der Waals surface area contributed by atoms with Crippen molar-refractivity contribution in [1.82, 2.24) is 5.32 Å². The monoisotopic (exact) mass is 366 g/mol. The van der Waals surface area contributed by atoms with E-state index in [0.717, 1.165) is 0 Å². The number of ether oxygens (including phenoxy) is 2. The van der Waals surface area contributed by atoms with Crippen molar-refractivity contribution in [3.05, 3.63) is 0 Å². The quantitative estimate of drug-likeness (QED) is 0.230. The van der Waals surface area contributed by atoms with Gasteiger partial charge in [-0.25, -0.2) is 4.99 Å². The van der Waals surface area contributed by atoms with Crippen molar-refractivity contribution in [2.75, 3.05) is 13.2 Å². The minimum Gasteiger partial charge on any atom is -0.457 e. The summed E-state index contributed by atoms with van der Waals surface area (Å²) in [7, 11) is 0. The van der Waals surface area contributed by atoms with Crippen LogP contribution >= 0.6 is 0 Å². The van der Waals surface area contributed by atoms with Gasteiger partial charge < -0.3 is 55.6 Å². The molecule has 0 bridgehead atoms. The summed E-state index contributed by atoms with van der Waals surface area (Å²) in [6.45, 7) is -1.48. The third-order valence-electron chi connectivity index (χ3n) is 4.91. The minimum absolute atomic E-state index is 0.267. The van der Waals surface area contributed by atoms with Gasteiger partial charge in [-0.05, 0) is 0 Å². The molecule has 0 unspecified atom stereocenters. The first-order chi connectivity index (χ1) is 11.7. The lowest BCUT2D eigenvalue weighted by molar-refractivity contribution is -0.233. The molecule has 12 heteroatoms. The Hall–Kier alpha value is -1.09. The lowest BCUT2D eigenvalue weighted by Gasteiger charge is -2.40. The second-order valence-electron chi connectivity index (χ2n) is 6.44. The number of aliphatic hydroxyl groups is 8. The third kappa shape index (κ3) is 2.79. The number of aliphatic imine (C=N–C) groups is 1. The van der Waals surface area contributed by atoms with Crippen molar-refractivity contribution in [1.29, 1.82) is 0 Å². The third-order valence-corrected chi connectivity index (χ3v) is 4.91. The summed E-state index contributed by atoms with van der Waals surface area (Å²) in [6, 6.07) is -1.44. The maximum Gasteiger partial charge on any atom is 0.287 e. The van der Waals surface area contributed by atoms with Gasteiger partial charge in [0.05, 0.1) is 13.2 Å². The Morgan fingerprint density at radius 1 is 1.00 bits per heavy atom. The van der Waals surface area contributed by atoms with Crippen LogP contribution in [0.15, 0.2) is 4.99 Å².